The van der Waals surface area contributed by atoms with E-state index in [1.807, 2.05) is 38.1 Å². The van der Waals surface area contributed by atoms with E-state index in [0.29, 0.717) is 16.3 Å². The van der Waals surface area contributed by atoms with Crippen molar-refractivity contribution in [3.8, 4) is 0 Å². The smallest absolute Gasteiger partial charge is 0.208 e. The van der Waals surface area contributed by atoms with Gasteiger partial charge < -0.3 is 10.4 Å². The lowest BCUT2D eigenvalue weighted by molar-refractivity contribution is 0.101. The Hall–Kier alpha value is -2.57. The Kier molecular flexibility index (Phi) is 4.89. The number of ketones is 1. The van der Waals surface area contributed by atoms with Gasteiger partial charge in [0.1, 0.15) is 17.7 Å². The van der Waals surface area contributed by atoms with Crippen LogP contribution in [0.2, 0.25) is 0 Å². The molecule has 0 saturated heterocycles. The van der Waals surface area contributed by atoms with Crippen molar-refractivity contribution in [1.29, 1.82) is 0 Å². The van der Waals surface area contributed by atoms with Gasteiger partial charge in [0.25, 0.3) is 0 Å². The monoisotopic (exact) mass is 367 g/mol. The first kappa shape index (κ1) is 18.2. The predicted octanol–water partition coefficient (Wildman–Crippen LogP) is 3.68. The van der Waals surface area contributed by atoms with E-state index in [4.69, 9.17) is 0 Å². The molecule has 0 saturated carbocycles. The number of hydrogen-bond acceptors (Lipinski definition) is 6. The molecule has 1 aromatic carbocycles. The van der Waals surface area contributed by atoms with Gasteiger partial charge in [-0.3, -0.25) is 4.79 Å². The molecule has 0 aliphatic heterocycles. The highest BCUT2D eigenvalue weighted by molar-refractivity contribution is 7.14. The van der Waals surface area contributed by atoms with Crippen LogP contribution in [-0.2, 0) is 5.60 Å². The van der Waals surface area contributed by atoms with Gasteiger partial charge in [-0.05, 0) is 32.4 Å². The van der Waals surface area contributed by atoms with Crippen molar-refractivity contribution in [2.24, 2.45) is 0 Å². The summed E-state index contributed by atoms with van der Waals surface area (Å²) in [6.45, 7) is 5.67. The van der Waals surface area contributed by atoms with Crippen molar-refractivity contribution < 1.29 is 9.90 Å². The molecule has 0 bridgehead atoms. The van der Waals surface area contributed by atoms with Crippen LogP contribution in [0, 0.1) is 13.8 Å². The summed E-state index contributed by atoms with van der Waals surface area (Å²) >= 11 is 1.37. The Morgan fingerprint density at radius 3 is 2.73 bits per heavy atom. The second-order valence-corrected chi connectivity index (χ2v) is 7.64. The first-order valence-electron chi connectivity index (χ1n) is 8.27. The van der Waals surface area contributed by atoms with Crippen LogP contribution < -0.4 is 5.32 Å². The van der Waals surface area contributed by atoms with Crippen LogP contribution >= 0.6 is 11.3 Å². The predicted molar refractivity (Wildman–Crippen MR) is 104 cm³/mol. The largest absolute Gasteiger partial charge is 0.381 e. The molecule has 134 valence electrons. The molecule has 5 nitrogen and oxygen atoms in total. The number of benzene rings is 1. The van der Waals surface area contributed by atoms with Crippen LogP contribution in [0.1, 0.15) is 43.7 Å². The molecule has 2 heterocycles. The number of carbonyl (C=O) groups excluding carboxylic acids is 1. The average Bonchev–Trinajstić information content (AvgIpc) is 3.03. The Balaban J connectivity index is 2.03. The van der Waals surface area contributed by atoms with E-state index >= 15 is 0 Å². The highest BCUT2D eigenvalue weighted by Gasteiger charge is 2.30. The third-order valence-electron chi connectivity index (χ3n) is 4.44. The second kappa shape index (κ2) is 6.97. The number of rotatable bonds is 5. The van der Waals surface area contributed by atoms with Crippen LogP contribution in [0.25, 0.3) is 0 Å². The maximum absolute atomic E-state index is 12.9. The zero-order chi connectivity index (χ0) is 18.9. The van der Waals surface area contributed by atoms with E-state index in [-0.39, 0.29) is 5.78 Å². The normalized spacial score (nSPS) is 13.3. The molecule has 0 radical (unpaired) electrons. The van der Waals surface area contributed by atoms with E-state index < -0.39 is 5.60 Å². The maximum atomic E-state index is 12.9. The summed E-state index contributed by atoms with van der Waals surface area (Å²) in [5.74, 6) is 0.331. The lowest BCUT2D eigenvalue weighted by atomic mass is 9.87. The van der Waals surface area contributed by atoms with Gasteiger partial charge in [-0.1, -0.05) is 29.8 Å². The summed E-state index contributed by atoms with van der Waals surface area (Å²) in [7, 11) is 1.72. The molecule has 0 fully saturated rings. The molecule has 26 heavy (non-hydrogen) atoms. The number of aliphatic hydroxyl groups is 1. The number of anilines is 1. The number of thiophene rings is 1. The fourth-order valence-electron chi connectivity index (χ4n) is 3.01. The molecule has 0 aliphatic rings. The lowest BCUT2D eigenvalue weighted by Gasteiger charge is -2.24. The van der Waals surface area contributed by atoms with E-state index in [1.54, 1.807) is 20.0 Å². The zero-order valence-electron chi connectivity index (χ0n) is 15.2. The number of carbonyl (C=O) groups is 1. The molecular formula is C20H21N3O2S. The minimum absolute atomic E-state index is 0.158. The van der Waals surface area contributed by atoms with Crippen LogP contribution in [0.15, 0.2) is 42.9 Å². The highest BCUT2D eigenvalue weighted by Crippen LogP contribution is 2.37. The number of hydrogen-bond donors (Lipinski definition) is 2. The van der Waals surface area contributed by atoms with Gasteiger partial charge in [0.15, 0.2) is 0 Å². The second-order valence-electron chi connectivity index (χ2n) is 6.39. The van der Waals surface area contributed by atoms with Crippen LogP contribution in [0.5, 0.6) is 0 Å². The molecule has 2 aromatic heterocycles. The lowest BCUT2D eigenvalue weighted by Crippen LogP contribution is -2.23. The van der Waals surface area contributed by atoms with E-state index in [1.165, 1.54) is 23.9 Å². The molecule has 0 spiro atoms. The van der Waals surface area contributed by atoms with Crippen molar-refractivity contribution in [2.75, 3.05) is 12.4 Å². The van der Waals surface area contributed by atoms with Gasteiger partial charge in [0.05, 0.1) is 10.4 Å². The Bertz CT molecular complexity index is 963. The summed E-state index contributed by atoms with van der Waals surface area (Å²) in [6, 6.07) is 9.55. The van der Waals surface area contributed by atoms with E-state index in [9.17, 15) is 9.90 Å². The minimum Gasteiger partial charge on any atom is -0.381 e. The third-order valence-corrected chi connectivity index (χ3v) is 5.49. The summed E-state index contributed by atoms with van der Waals surface area (Å²) < 4.78 is 0. The van der Waals surface area contributed by atoms with Crippen LogP contribution in [0.4, 0.5) is 5.82 Å². The SMILES string of the molecule is CNc1ncncc1C(=O)c1cc(C(C)(O)c2cccc(C)c2)c(C)s1. The molecule has 1 atom stereocenters. The standard InChI is InChI=1S/C20H21N3O2S/c1-12-6-5-7-14(8-12)20(3,25)16-9-17(26-13(16)2)18(24)15-10-22-11-23-19(15)21-4/h5-11,25H,1-4H3,(H,21,22,23). The Labute approximate surface area is 156 Å². The third kappa shape index (κ3) is 3.25. The van der Waals surface area contributed by atoms with Gasteiger partial charge in [-0.25, -0.2) is 9.97 Å². The summed E-state index contributed by atoms with van der Waals surface area (Å²) in [6.07, 6.45) is 2.91. The fraction of sp³-hybridized carbons (Fsp3) is 0.250. The van der Waals surface area contributed by atoms with E-state index in [0.717, 1.165) is 21.6 Å². The quantitative estimate of drug-likeness (QED) is 0.673. The van der Waals surface area contributed by atoms with Gasteiger partial charge in [-0.2, -0.15) is 0 Å². The summed E-state index contributed by atoms with van der Waals surface area (Å²) in [5.41, 5.74) is 1.85. The number of nitrogens with zero attached hydrogens (tertiary/aromatic N) is 2. The van der Waals surface area contributed by atoms with Gasteiger partial charge in [-0.15, -0.1) is 11.3 Å². The molecule has 3 rings (SSSR count). The molecule has 3 aromatic rings. The van der Waals surface area contributed by atoms with Crippen molar-refractivity contribution in [1.82, 2.24) is 9.97 Å². The number of aryl methyl sites for hydroxylation is 2. The number of nitrogens with one attached hydrogen (secondary N) is 1. The fourth-order valence-corrected chi connectivity index (χ4v) is 4.09. The van der Waals surface area contributed by atoms with Crippen LogP contribution in [0.3, 0.4) is 0 Å². The van der Waals surface area contributed by atoms with Crippen molar-refractivity contribution in [2.45, 2.75) is 26.4 Å². The Morgan fingerprint density at radius 2 is 2.04 bits per heavy atom. The average molecular weight is 367 g/mol. The molecule has 6 heteroatoms. The highest BCUT2D eigenvalue weighted by atomic mass is 32.1. The molecule has 0 amide bonds. The van der Waals surface area contributed by atoms with Gasteiger partial charge >= 0.3 is 0 Å². The van der Waals surface area contributed by atoms with Gasteiger partial charge in [0.2, 0.25) is 5.78 Å². The summed E-state index contributed by atoms with van der Waals surface area (Å²) in [5, 5.41) is 14.1. The number of aromatic nitrogens is 2. The zero-order valence-corrected chi connectivity index (χ0v) is 16.0. The van der Waals surface area contributed by atoms with Gasteiger partial charge in [0, 0.05) is 23.7 Å². The maximum Gasteiger partial charge on any atom is 0.208 e. The minimum atomic E-state index is -1.18. The molecular weight excluding hydrogens is 346 g/mol. The molecule has 2 N–H and O–H groups in total. The molecule has 0 aliphatic carbocycles. The first-order valence-corrected chi connectivity index (χ1v) is 9.09. The molecule has 1 unspecified atom stereocenters. The van der Waals surface area contributed by atoms with E-state index in [2.05, 4.69) is 15.3 Å². The summed E-state index contributed by atoms with van der Waals surface area (Å²) in [4.78, 5) is 22.4. The topological polar surface area (TPSA) is 75.1 Å². The Morgan fingerprint density at radius 1 is 1.27 bits per heavy atom. The van der Waals surface area contributed by atoms with Crippen molar-refractivity contribution in [3.63, 3.8) is 0 Å². The van der Waals surface area contributed by atoms with Crippen LogP contribution in [-0.4, -0.2) is 27.9 Å². The van der Waals surface area contributed by atoms with Crippen molar-refractivity contribution >= 4 is 22.9 Å². The first-order chi connectivity index (χ1) is 12.3. The van der Waals surface area contributed by atoms with Crippen molar-refractivity contribution in [3.05, 3.63) is 74.9 Å².